The Morgan fingerprint density at radius 2 is 2.17 bits per heavy atom. The molecule has 98 valence electrons. The second kappa shape index (κ2) is 5.77. The zero-order valence-corrected chi connectivity index (χ0v) is 10.2. The highest BCUT2D eigenvalue weighted by atomic mass is 16.3. The Morgan fingerprint density at radius 3 is 2.78 bits per heavy atom. The second-order valence-corrected chi connectivity index (χ2v) is 4.65. The van der Waals surface area contributed by atoms with Crippen LogP contribution >= 0.6 is 0 Å². The van der Waals surface area contributed by atoms with Crippen LogP contribution in [0, 0.1) is 5.92 Å². The van der Waals surface area contributed by atoms with Gasteiger partial charge in [-0.3, -0.25) is 4.79 Å². The number of hydrogen-bond donors (Lipinski definition) is 3. The van der Waals surface area contributed by atoms with Crippen LogP contribution in [0.2, 0.25) is 0 Å². The zero-order chi connectivity index (χ0) is 13.0. The predicted octanol–water partition coefficient (Wildman–Crippen LogP) is 0.538. The molecule has 0 radical (unpaired) electrons. The summed E-state index contributed by atoms with van der Waals surface area (Å²) >= 11 is 0. The number of nitrogens with zero attached hydrogens (tertiary/aromatic N) is 2. The molecule has 1 aromatic heterocycles. The lowest BCUT2D eigenvalue weighted by atomic mass is 9.85. The molecule has 6 heteroatoms. The minimum atomic E-state index is -0.583. The molecule has 1 heterocycles. The number of rotatable bonds is 4. The van der Waals surface area contributed by atoms with E-state index < -0.39 is 5.91 Å². The number of nitrogens with one attached hydrogen (secondary N) is 1. The van der Waals surface area contributed by atoms with Gasteiger partial charge in [0.05, 0.1) is 0 Å². The largest absolute Gasteiger partial charge is 0.396 e. The molecule has 2 unspecified atom stereocenters. The number of aliphatic hydroxyl groups is 1. The Morgan fingerprint density at radius 1 is 1.39 bits per heavy atom. The average molecular weight is 250 g/mol. The van der Waals surface area contributed by atoms with E-state index >= 15 is 0 Å². The lowest BCUT2D eigenvalue weighted by Crippen LogP contribution is -2.34. The second-order valence-electron chi connectivity index (χ2n) is 4.65. The molecule has 2 atom stereocenters. The van der Waals surface area contributed by atoms with Crippen molar-refractivity contribution in [3.63, 3.8) is 0 Å². The molecule has 1 aliphatic carbocycles. The molecule has 18 heavy (non-hydrogen) atoms. The van der Waals surface area contributed by atoms with E-state index in [9.17, 15) is 9.90 Å². The van der Waals surface area contributed by atoms with Crippen molar-refractivity contribution in [2.45, 2.75) is 31.7 Å². The van der Waals surface area contributed by atoms with Crippen LogP contribution in [-0.4, -0.2) is 33.9 Å². The molecule has 1 amide bonds. The summed E-state index contributed by atoms with van der Waals surface area (Å²) in [5, 5.41) is 20.2. The molecule has 1 aromatic rings. The molecule has 1 fully saturated rings. The minimum absolute atomic E-state index is 0.155. The van der Waals surface area contributed by atoms with Crippen molar-refractivity contribution in [3.05, 3.63) is 17.8 Å². The molecule has 0 saturated heterocycles. The minimum Gasteiger partial charge on any atom is -0.396 e. The molecule has 1 saturated carbocycles. The molecule has 0 aromatic carbocycles. The summed E-state index contributed by atoms with van der Waals surface area (Å²) in [4.78, 5) is 10.9. The number of nitrogens with two attached hydrogens (primary N) is 1. The van der Waals surface area contributed by atoms with Crippen LogP contribution in [0.1, 0.15) is 36.2 Å². The van der Waals surface area contributed by atoms with Crippen molar-refractivity contribution in [1.29, 1.82) is 0 Å². The molecule has 2 rings (SSSR count). The number of carbonyl (C=O) groups is 1. The fraction of sp³-hybridized carbons (Fsp3) is 0.583. The topological polar surface area (TPSA) is 101 Å². The van der Waals surface area contributed by atoms with E-state index in [1.165, 1.54) is 0 Å². The maximum Gasteiger partial charge on any atom is 0.269 e. The third kappa shape index (κ3) is 2.95. The van der Waals surface area contributed by atoms with Gasteiger partial charge in [-0.05, 0) is 25.0 Å². The van der Waals surface area contributed by atoms with Crippen LogP contribution in [-0.2, 0) is 0 Å². The van der Waals surface area contributed by atoms with Gasteiger partial charge in [0.25, 0.3) is 5.91 Å². The van der Waals surface area contributed by atoms with Gasteiger partial charge >= 0.3 is 0 Å². The number of amides is 1. The highest BCUT2D eigenvalue weighted by Crippen LogP contribution is 2.26. The zero-order valence-electron chi connectivity index (χ0n) is 10.2. The van der Waals surface area contributed by atoms with Crippen molar-refractivity contribution in [2.24, 2.45) is 11.7 Å². The van der Waals surface area contributed by atoms with E-state index in [-0.39, 0.29) is 24.3 Å². The molecule has 0 aliphatic heterocycles. The molecule has 6 nitrogen and oxygen atoms in total. The molecule has 0 spiro atoms. The van der Waals surface area contributed by atoms with Crippen LogP contribution in [0.15, 0.2) is 12.1 Å². The van der Waals surface area contributed by atoms with Gasteiger partial charge < -0.3 is 16.2 Å². The van der Waals surface area contributed by atoms with Crippen LogP contribution in [0.25, 0.3) is 0 Å². The molecular formula is C12H18N4O2. The Bertz CT molecular complexity index is 407. The number of primary amides is 1. The fourth-order valence-corrected chi connectivity index (χ4v) is 2.35. The van der Waals surface area contributed by atoms with Gasteiger partial charge in [0, 0.05) is 18.6 Å². The smallest absolute Gasteiger partial charge is 0.269 e. The summed E-state index contributed by atoms with van der Waals surface area (Å²) in [5.41, 5.74) is 5.25. The highest BCUT2D eigenvalue weighted by molar-refractivity contribution is 5.90. The first kappa shape index (κ1) is 12.8. The van der Waals surface area contributed by atoms with Gasteiger partial charge in [0.2, 0.25) is 0 Å². The number of carbonyl (C=O) groups excluding carboxylic acids is 1. The maximum atomic E-state index is 10.9. The summed E-state index contributed by atoms with van der Waals surface area (Å²) < 4.78 is 0. The van der Waals surface area contributed by atoms with E-state index in [0.717, 1.165) is 25.7 Å². The van der Waals surface area contributed by atoms with Crippen molar-refractivity contribution in [3.8, 4) is 0 Å². The molecule has 1 aliphatic rings. The van der Waals surface area contributed by atoms with Gasteiger partial charge in [-0.15, -0.1) is 10.2 Å². The number of aliphatic hydroxyl groups excluding tert-OH is 1. The summed E-state index contributed by atoms with van der Waals surface area (Å²) in [5.74, 6) is 0.293. The number of aromatic nitrogens is 2. The third-order valence-electron chi connectivity index (χ3n) is 3.39. The van der Waals surface area contributed by atoms with Crippen LogP contribution in [0.5, 0.6) is 0 Å². The Hall–Kier alpha value is -1.69. The summed E-state index contributed by atoms with van der Waals surface area (Å²) in [6.07, 6.45) is 4.36. The first-order valence-electron chi connectivity index (χ1n) is 6.21. The summed E-state index contributed by atoms with van der Waals surface area (Å²) in [6, 6.07) is 3.46. The highest BCUT2D eigenvalue weighted by Gasteiger charge is 2.24. The van der Waals surface area contributed by atoms with Gasteiger partial charge in [0.1, 0.15) is 5.82 Å². The molecular weight excluding hydrogens is 232 g/mol. The summed E-state index contributed by atoms with van der Waals surface area (Å²) in [6.45, 7) is 0.185. The molecule has 4 N–H and O–H groups in total. The first-order chi connectivity index (χ1) is 8.70. The van der Waals surface area contributed by atoms with Crippen molar-refractivity contribution in [2.75, 3.05) is 11.9 Å². The normalized spacial score (nSPS) is 23.6. The fourth-order valence-electron chi connectivity index (χ4n) is 2.35. The van der Waals surface area contributed by atoms with Crippen molar-refractivity contribution in [1.82, 2.24) is 10.2 Å². The Labute approximate surface area is 106 Å². The summed E-state index contributed by atoms with van der Waals surface area (Å²) in [7, 11) is 0. The lowest BCUT2D eigenvalue weighted by Gasteiger charge is -2.31. The van der Waals surface area contributed by atoms with Gasteiger partial charge in [-0.25, -0.2) is 0 Å². The van der Waals surface area contributed by atoms with Gasteiger partial charge in [-0.1, -0.05) is 12.8 Å². The Balaban J connectivity index is 2.01. The Kier molecular flexibility index (Phi) is 4.09. The van der Waals surface area contributed by atoms with Crippen LogP contribution < -0.4 is 11.1 Å². The van der Waals surface area contributed by atoms with Gasteiger partial charge in [-0.2, -0.15) is 0 Å². The van der Waals surface area contributed by atoms with Gasteiger partial charge in [0.15, 0.2) is 5.69 Å². The maximum absolute atomic E-state index is 10.9. The van der Waals surface area contributed by atoms with Crippen molar-refractivity contribution < 1.29 is 9.90 Å². The van der Waals surface area contributed by atoms with E-state index in [0.29, 0.717) is 5.82 Å². The van der Waals surface area contributed by atoms with E-state index in [2.05, 4.69) is 15.5 Å². The monoisotopic (exact) mass is 250 g/mol. The lowest BCUT2D eigenvalue weighted by molar-refractivity contribution is 0.0994. The van der Waals surface area contributed by atoms with E-state index in [4.69, 9.17) is 5.73 Å². The average Bonchev–Trinajstić information content (AvgIpc) is 2.40. The number of anilines is 1. The van der Waals surface area contributed by atoms with Crippen LogP contribution in [0.3, 0.4) is 0 Å². The quantitative estimate of drug-likeness (QED) is 0.724. The van der Waals surface area contributed by atoms with Crippen LogP contribution in [0.4, 0.5) is 5.82 Å². The van der Waals surface area contributed by atoms with E-state index in [1.807, 2.05) is 0 Å². The standard InChI is InChI=1S/C12H18N4O2/c13-12(18)10-5-6-11(16-15-10)14-9-4-2-1-3-8(9)7-17/h5-6,8-9,17H,1-4,7H2,(H2,13,18)(H,14,16). The third-order valence-corrected chi connectivity index (χ3v) is 3.39. The van der Waals surface area contributed by atoms with E-state index in [1.54, 1.807) is 12.1 Å². The predicted molar refractivity (Wildman–Crippen MR) is 67.0 cm³/mol. The number of hydrogen-bond acceptors (Lipinski definition) is 5. The SMILES string of the molecule is NC(=O)c1ccc(NC2CCCCC2CO)nn1. The van der Waals surface area contributed by atoms with Crippen molar-refractivity contribution >= 4 is 11.7 Å². The molecule has 0 bridgehead atoms. The first-order valence-corrected chi connectivity index (χ1v) is 6.21.